The van der Waals surface area contributed by atoms with Crippen molar-refractivity contribution in [3.05, 3.63) is 47.7 Å². The van der Waals surface area contributed by atoms with Gasteiger partial charge in [-0.25, -0.2) is 13.4 Å². The van der Waals surface area contributed by atoms with Crippen LogP contribution in [-0.2, 0) is 9.84 Å². The van der Waals surface area contributed by atoms with Gasteiger partial charge in [-0.1, -0.05) is 6.07 Å². The monoisotopic (exact) mass is 401 g/mol. The van der Waals surface area contributed by atoms with Crippen LogP contribution in [0, 0.1) is 13.8 Å². The smallest absolute Gasteiger partial charge is 0.216 e. The standard InChI is InChI=1S/C20H23N3O2S2/c1-14-4-5-16(12-15(14)2)27(24,25)19-13-17-18(26-19)6-8-22-20(17)23-10-3-7-21-9-11-23/h4-6,8,12-13,21H,3,7,9-11H2,1-2H3. The molecule has 2 aromatic heterocycles. The second-order valence-electron chi connectivity index (χ2n) is 6.95. The summed E-state index contributed by atoms with van der Waals surface area (Å²) in [5.41, 5.74) is 2.07. The van der Waals surface area contributed by atoms with Gasteiger partial charge in [0.1, 0.15) is 10.0 Å². The zero-order valence-electron chi connectivity index (χ0n) is 15.5. The zero-order valence-corrected chi connectivity index (χ0v) is 17.2. The van der Waals surface area contributed by atoms with Gasteiger partial charge < -0.3 is 10.2 Å². The molecule has 142 valence electrons. The second-order valence-corrected chi connectivity index (χ2v) is 10.2. The number of aromatic nitrogens is 1. The molecule has 1 aliphatic rings. The van der Waals surface area contributed by atoms with Crippen molar-refractivity contribution >= 4 is 37.1 Å². The van der Waals surface area contributed by atoms with E-state index in [1.165, 1.54) is 11.3 Å². The van der Waals surface area contributed by atoms with E-state index in [1.54, 1.807) is 24.4 Å². The fourth-order valence-electron chi connectivity index (χ4n) is 3.36. The Hall–Kier alpha value is -1.96. The average Bonchev–Trinajstić information content (AvgIpc) is 2.92. The highest BCUT2D eigenvalue weighted by Gasteiger charge is 2.23. The van der Waals surface area contributed by atoms with Crippen molar-refractivity contribution in [3.8, 4) is 0 Å². The van der Waals surface area contributed by atoms with E-state index in [0.29, 0.717) is 9.10 Å². The Balaban J connectivity index is 1.79. The molecule has 0 amide bonds. The minimum atomic E-state index is -3.53. The summed E-state index contributed by atoms with van der Waals surface area (Å²) in [7, 11) is -3.53. The van der Waals surface area contributed by atoms with Gasteiger partial charge in [0.05, 0.1) is 4.90 Å². The van der Waals surface area contributed by atoms with Crippen molar-refractivity contribution in [1.29, 1.82) is 0 Å². The second kappa shape index (κ2) is 7.22. The van der Waals surface area contributed by atoms with Crippen molar-refractivity contribution in [1.82, 2.24) is 10.3 Å². The van der Waals surface area contributed by atoms with Gasteiger partial charge in [0, 0.05) is 35.9 Å². The topological polar surface area (TPSA) is 62.3 Å². The summed E-state index contributed by atoms with van der Waals surface area (Å²) < 4.78 is 27.7. The van der Waals surface area contributed by atoms with Crippen LogP contribution in [0.1, 0.15) is 17.5 Å². The van der Waals surface area contributed by atoms with Crippen molar-refractivity contribution in [2.45, 2.75) is 29.4 Å². The van der Waals surface area contributed by atoms with Crippen LogP contribution in [0.25, 0.3) is 10.1 Å². The molecular formula is C20H23N3O2S2. The summed E-state index contributed by atoms with van der Waals surface area (Å²) in [4.78, 5) is 7.18. The van der Waals surface area contributed by atoms with Gasteiger partial charge in [0.2, 0.25) is 9.84 Å². The number of sulfone groups is 1. The number of thiophene rings is 1. The van der Waals surface area contributed by atoms with Crippen molar-refractivity contribution in [3.63, 3.8) is 0 Å². The highest BCUT2D eigenvalue weighted by Crippen LogP contribution is 2.37. The number of nitrogens with zero attached hydrogens (tertiary/aromatic N) is 2. The lowest BCUT2D eigenvalue weighted by Gasteiger charge is -2.21. The quantitative estimate of drug-likeness (QED) is 0.727. The first-order valence-corrected chi connectivity index (χ1v) is 11.4. The molecule has 4 rings (SSSR count). The lowest BCUT2D eigenvalue weighted by molar-refractivity contribution is 0.598. The van der Waals surface area contributed by atoms with E-state index in [1.807, 2.05) is 26.0 Å². The SMILES string of the molecule is Cc1ccc(S(=O)(=O)c2cc3c(N4CCCNCC4)nccc3s2)cc1C. The Kier molecular flexibility index (Phi) is 4.92. The number of nitrogens with one attached hydrogen (secondary N) is 1. The summed E-state index contributed by atoms with van der Waals surface area (Å²) >= 11 is 1.32. The van der Waals surface area contributed by atoms with E-state index in [9.17, 15) is 8.42 Å². The van der Waals surface area contributed by atoms with E-state index in [-0.39, 0.29) is 0 Å². The van der Waals surface area contributed by atoms with Crippen LogP contribution in [0.3, 0.4) is 0 Å². The van der Waals surface area contributed by atoms with Crippen molar-refractivity contribution in [2.75, 3.05) is 31.1 Å². The molecule has 0 unspecified atom stereocenters. The fourth-order valence-corrected chi connectivity index (χ4v) is 6.23. The first-order valence-electron chi connectivity index (χ1n) is 9.13. The molecule has 0 saturated carbocycles. The number of rotatable bonds is 3. The predicted octanol–water partition coefficient (Wildman–Crippen LogP) is 3.55. The maximum atomic E-state index is 13.2. The summed E-state index contributed by atoms with van der Waals surface area (Å²) in [5.74, 6) is 0.883. The molecular weight excluding hydrogens is 378 g/mol. The molecule has 1 saturated heterocycles. The van der Waals surface area contributed by atoms with Crippen LogP contribution in [0.4, 0.5) is 5.82 Å². The first-order chi connectivity index (χ1) is 13.0. The third-order valence-electron chi connectivity index (χ3n) is 5.09. The fraction of sp³-hybridized carbons (Fsp3) is 0.350. The van der Waals surface area contributed by atoms with E-state index in [4.69, 9.17) is 0 Å². The van der Waals surface area contributed by atoms with Crippen LogP contribution >= 0.6 is 11.3 Å². The zero-order chi connectivity index (χ0) is 19.0. The van der Waals surface area contributed by atoms with E-state index in [0.717, 1.165) is 59.6 Å². The van der Waals surface area contributed by atoms with Gasteiger partial charge in [-0.3, -0.25) is 0 Å². The summed E-state index contributed by atoms with van der Waals surface area (Å²) in [5, 5.41) is 4.32. The normalized spacial score (nSPS) is 15.9. The number of hydrogen-bond donors (Lipinski definition) is 1. The molecule has 27 heavy (non-hydrogen) atoms. The molecule has 3 heterocycles. The van der Waals surface area contributed by atoms with Gasteiger partial charge in [-0.2, -0.15) is 0 Å². The Morgan fingerprint density at radius 1 is 1.07 bits per heavy atom. The highest BCUT2D eigenvalue weighted by atomic mass is 32.2. The van der Waals surface area contributed by atoms with Crippen molar-refractivity contribution in [2.24, 2.45) is 0 Å². The number of hydrogen-bond acceptors (Lipinski definition) is 6. The van der Waals surface area contributed by atoms with E-state index >= 15 is 0 Å². The van der Waals surface area contributed by atoms with Gasteiger partial charge in [0.15, 0.2) is 0 Å². The minimum absolute atomic E-state index is 0.352. The lowest BCUT2D eigenvalue weighted by atomic mass is 10.1. The molecule has 1 aliphatic heterocycles. The maximum absolute atomic E-state index is 13.2. The molecule has 1 fully saturated rings. The van der Waals surface area contributed by atoms with Crippen LogP contribution in [0.15, 0.2) is 45.6 Å². The third kappa shape index (κ3) is 3.47. The molecule has 1 aromatic carbocycles. The highest BCUT2D eigenvalue weighted by molar-refractivity contribution is 7.93. The van der Waals surface area contributed by atoms with Crippen LogP contribution in [0.5, 0.6) is 0 Å². The van der Waals surface area contributed by atoms with E-state index < -0.39 is 9.84 Å². The maximum Gasteiger partial charge on any atom is 0.216 e. The minimum Gasteiger partial charge on any atom is -0.355 e. The number of anilines is 1. The summed E-state index contributed by atoms with van der Waals surface area (Å²) in [6, 6.07) is 9.02. The van der Waals surface area contributed by atoms with Gasteiger partial charge in [-0.05, 0) is 62.2 Å². The molecule has 0 atom stereocenters. The Morgan fingerprint density at radius 2 is 1.93 bits per heavy atom. The number of pyridine rings is 1. The van der Waals surface area contributed by atoms with Crippen LogP contribution < -0.4 is 10.2 Å². The summed E-state index contributed by atoms with van der Waals surface area (Å²) in [6.07, 6.45) is 2.83. The molecule has 0 bridgehead atoms. The molecule has 0 spiro atoms. The van der Waals surface area contributed by atoms with Gasteiger partial charge >= 0.3 is 0 Å². The molecule has 7 heteroatoms. The number of aryl methyl sites for hydroxylation is 2. The van der Waals surface area contributed by atoms with Gasteiger partial charge in [-0.15, -0.1) is 11.3 Å². The molecule has 0 aliphatic carbocycles. The molecule has 1 N–H and O–H groups in total. The van der Waals surface area contributed by atoms with Crippen LogP contribution in [-0.4, -0.2) is 39.6 Å². The summed E-state index contributed by atoms with van der Waals surface area (Å²) in [6.45, 7) is 7.64. The number of fused-ring (bicyclic) bond motifs is 1. The average molecular weight is 402 g/mol. The largest absolute Gasteiger partial charge is 0.355 e. The Morgan fingerprint density at radius 3 is 2.74 bits per heavy atom. The van der Waals surface area contributed by atoms with Crippen LogP contribution in [0.2, 0.25) is 0 Å². The van der Waals surface area contributed by atoms with E-state index in [2.05, 4.69) is 15.2 Å². The number of benzene rings is 1. The third-order valence-corrected chi connectivity index (χ3v) is 8.42. The first kappa shape index (κ1) is 18.4. The Labute approximate surface area is 164 Å². The lowest BCUT2D eigenvalue weighted by Crippen LogP contribution is -2.28. The molecule has 5 nitrogen and oxygen atoms in total. The van der Waals surface area contributed by atoms with Crippen molar-refractivity contribution < 1.29 is 8.42 Å². The molecule has 0 radical (unpaired) electrons. The Bertz CT molecular complexity index is 1080. The van der Waals surface area contributed by atoms with Gasteiger partial charge in [0.25, 0.3) is 0 Å². The molecule has 3 aromatic rings. The predicted molar refractivity (Wildman–Crippen MR) is 111 cm³/mol.